The van der Waals surface area contributed by atoms with Crippen LogP contribution in [0.15, 0.2) is 36.4 Å². The van der Waals surface area contributed by atoms with Crippen molar-refractivity contribution in [3.05, 3.63) is 53.1 Å². The molecule has 0 heterocycles. The van der Waals surface area contributed by atoms with Gasteiger partial charge in [-0.3, -0.25) is 0 Å². The molecular weight excluding hydrogens is 278 g/mol. The van der Waals surface area contributed by atoms with Crippen LogP contribution < -0.4 is 14.2 Å². The third-order valence-electron chi connectivity index (χ3n) is 3.24. The zero-order chi connectivity index (χ0) is 15.9. The lowest BCUT2D eigenvalue weighted by Gasteiger charge is -2.12. The van der Waals surface area contributed by atoms with E-state index in [0.717, 1.165) is 11.3 Å². The van der Waals surface area contributed by atoms with Crippen LogP contribution in [-0.2, 0) is 0 Å². The highest BCUT2D eigenvalue weighted by Gasteiger charge is 2.06. The molecule has 22 heavy (non-hydrogen) atoms. The predicted molar refractivity (Wildman–Crippen MR) is 84.6 cm³/mol. The molecule has 0 aromatic heterocycles. The SMILES string of the molecule is COc1ccc(C#N)c(OCCOc2ccc(C)cc2C)c1. The smallest absolute Gasteiger partial charge is 0.140 e. The summed E-state index contributed by atoms with van der Waals surface area (Å²) in [5.74, 6) is 2.01. The maximum absolute atomic E-state index is 9.08. The van der Waals surface area contributed by atoms with Crippen LogP contribution in [0.1, 0.15) is 16.7 Å². The molecule has 0 saturated heterocycles. The van der Waals surface area contributed by atoms with Gasteiger partial charge in [-0.1, -0.05) is 17.7 Å². The van der Waals surface area contributed by atoms with E-state index >= 15 is 0 Å². The Morgan fingerprint density at radius 2 is 1.68 bits per heavy atom. The Morgan fingerprint density at radius 3 is 2.32 bits per heavy atom. The molecule has 0 bridgehead atoms. The largest absolute Gasteiger partial charge is 0.497 e. The minimum absolute atomic E-state index is 0.356. The Bertz CT molecular complexity index is 689. The number of aryl methyl sites for hydroxylation is 2. The van der Waals surface area contributed by atoms with E-state index in [9.17, 15) is 0 Å². The first-order chi connectivity index (χ1) is 10.6. The minimum Gasteiger partial charge on any atom is -0.497 e. The Morgan fingerprint density at radius 1 is 0.955 bits per heavy atom. The van der Waals surface area contributed by atoms with Crippen LogP contribution >= 0.6 is 0 Å². The number of hydrogen-bond donors (Lipinski definition) is 0. The molecule has 0 spiro atoms. The van der Waals surface area contributed by atoms with Crippen molar-refractivity contribution < 1.29 is 14.2 Å². The van der Waals surface area contributed by atoms with Gasteiger partial charge in [0.15, 0.2) is 0 Å². The van der Waals surface area contributed by atoms with E-state index in [2.05, 4.69) is 12.1 Å². The van der Waals surface area contributed by atoms with Gasteiger partial charge in [-0.05, 0) is 37.6 Å². The molecule has 4 nitrogen and oxygen atoms in total. The monoisotopic (exact) mass is 297 g/mol. The van der Waals surface area contributed by atoms with E-state index in [1.807, 2.05) is 26.0 Å². The van der Waals surface area contributed by atoms with Crippen molar-refractivity contribution in [3.63, 3.8) is 0 Å². The molecule has 0 amide bonds. The summed E-state index contributed by atoms with van der Waals surface area (Å²) in [7, 11) is 1.58. The van der Waals surface area contributed by atoms with Crippen LogP contribution in [0.5, 0.6) is 17.2 Å². The average Bonchev–Trinajstić information content (AvgIpc) is 2.53. The molecule has 4 heteroatoms. The Labute approximate surface area is 130 Å². The van der Waals surface area contributed by atoms with E-state index in [0.29, 0.717) is 30.3 Å². The summed E-state index contributed by atoms with van der Waals surface area (Å²) in [5, 5.41) is 9.08. The molecule has 0 aliphatic carbocycles. The molecule has 2 aromatic rings. The zero-order valence-corrected chi connectivity index (χ0v) is 13.1. The minimum atomic E-state index is 0.356. The first kappa shape index (κ1) is 15.7. The standard InChI is InChI=1S/C18H19NO3/c1-13-4-7-17(14(2)10-13)21-8-9-22-18-11-16(20-3)6-5-15(18)12-19/h4-7,10-11H,8-9H2,1-3H3. The fourth-order valence-electron chi connectivity index (χ4n) is 2.11. The molecule has 0 aliphatic heterocycles. The summed E-state index contributed by atoms with van der Waals surface area (Å²) in [6, 6.07) is 13.3. The second-order valence-electron chi connectivity index (χ2n) is 4.94. The summed E-state index contributed by atoms with van der Waals surface area (Å²) < 4.78 is 16.5. The fourth-order valence-corrected chi connectivity index (χ4v) is 2.11. The molecule has 0 unspecified atom stereocenters. The Balaban J connectivity index is 1.92. The third-order valence-corrected chi connectivity index (χ3v) is 3.24. The molecule has 0 N–H and O–H groups in total. The van der Waals surface area contributed by atoms with E-state index in [4.69, 9.17) is 19.5 Å². The van der Waals surface area contributed by atoms with Gasteiger partial charge >= 0.3 is 0 Å². The fraction of sp³-hybridized carbons (Fsp3) is 0.278. The van der Waals surface area contributed by atoms with Crippen molar-refractivity contribution >= 4 is 0 Å². The van der Waals surface area contributed by atoms with Gasteiger partial charge in [-0.25, -0.2) is 0 Å². The van der Waals surface area contributed by atoms with Gasteiger partial charge < -0.3 is 14.2 Å². The lowest BCUT2D eigenvalue weighted by Crippen LogP contribution is -2.10. The summed E-state index contributed by atoms with van der Waals surface area (Å²) in [5.41, 5.74) is 2.78. The van der Waals surface area contributed by atoms with Crippen molar-refractivity contribution in [2.75, 3.05) is 20.3 Å². The summed E-state index contributed by atoms with van der Waals surface area (Å²) in [6.45, 7) is 4.83. The zero-order valence-electron chi connectivity index (χ0n) is 13.1. The lowest BCUT2D eigenvalue weighted by molar-refractivity contribution is 0.215. The quantitative estimate of drug-likeness (QED) is 0.764. The summed E-state index contributed by atoms with van der Waals surface area (Å²) in [4.78, 5) is 0. The van der Waals surface area contributed by atoms with E-state index < -0.39 is 0 Å². The number of ether oxygens (including phenoxy) is 3. The van der Waals surface area contributed by atoms with Gasteiger partial charge in [-0.15, -0.1) is 0 Å². The van der Waals surface area contributed by atoms with E-state index in [1.165, 1.54) is 5.56 Å². The van der Waals surface area contributed by atoms with Crippen LogP contribution in [0.2, 0.25) is 0 Å². The molecule has 0 atom stereocenters. The molecule has 2 aromatic carbocycles. The van der Waals surface area contributed by atoms with Crippen molar-refractivity contribution in [3.8, 4) is 23.3 Å². The third kappa shape index (κ3) is 3.92. The average molecular weight is 297 g/mol. The van der Waals surface area contributed by atoms with Crippen LogP contribution in [0, 0.1) is 25.2 Å². The van der Waals surface area contributed by atoms with Crippen LogP contribution in [0.4, 0.5) is 0 Å². The molecular formula is C18H19NO3. The summed E-state index contributed by atoms with van der Waals surface area (Å²) in [6.07, 6.45) is 0. The van der Waals surface area contributed by atoms with Gasteiger partial charge in [0, 0.05) is 6.07 Å². The maximum atomic E-state index is 9.08. The van der Waals surface area contributed by atoms with Crippen molar-refractivity contribution in [2.45, 2.75) is 13.8 Å². The Kier molecular flexibility index (Phi) is 5.26. The first-order valence-corrected chi connectivity index (χ1v) is 7.05. The molecule has 0 saturated carbocycles. The lowest BCUT2D eigenvalue weighted by atomic mass is 10.1. The Hall–Kier alpha value is -2.67. The number of methoxy groups -OCH3 is 1. The van der Waals surface area contributed by atoms with Gasteiger partial charge in [0.05, 0.1) is 12.7 Å². The number of nitriles is 1. The first-order valence-electron chi connectivity index (χ1n) is 7.05. The summed E-state index contributed by atoms with van der Waals surface area (Å²) >= 11 is 0. The predicted octanol–water partition coefficient (Wildman–Crippen LogP) is 3.64. The molecule has 2 rings (SSSR count). The van der Waals surface area contributed by atoms with Crippen LogP contribution in [0.25, 0.3) is 0 Å². The number of rotatable bonds is 6. The van der Waals surface area contributed by atoms with Gasteiger partial charge in [0.25, 0.3) is 0 Å². The van der Waals surface area contributed by atoms with Crippen molar-refractivity contribution in [1.82, 2.24) is 0 Å². The molecule has 114 valence electrons. The van der Waals surface area contributed by atoms with Crippen LogP contribution in [-0.4, -0.2) is 20.3 Å². The highest BCUT2D eigenvalue weighted by Crippen LogP contribution is 2.24. The van der Waals surface area contributed by atoms with Crippen molar-refractivity contribution in [2.24, 2.45) is 0 Å². The van der Waals surface area contributed by atoms with Crippen LogP contribution in [0.3, 0.4) is 0 Å². The maximum Gasteiger partial charge on any atom is 0.140 e. The number of benzene rings is 2. The van der Waals surface area contributed by atoms with Crippen molar-refractivity contribution in [1.29, 1.82) is 5.26 Å². The highest BCUT2D eigenvalue weighted by molar-refractivity contribution is 5.47. The highest BCUT2D eigenvalue weighted by atomic mass is 16.5. The molecule has 0 fully saturated rings. The van der Waals surface area contributed by atoms with Gasteiger partial charge in [0.1, 0.15) is 36.5 Å². The molecule has 0 aliphatic rings. The number of hydrogen-bond acceptors (Lipinski definition) is 4. The van der Waals surface area contributed by atoms with E-state index in [-0.39, 0.29) is 0 Å². The van der Waals surface area contributed by atoms with Gasteiger partial charge in [0.2, 0.25) is 0 Å². The molecule has 0 radical (unpaired) electrons. The van der Waals surface area contributed by atoms with Gasteiger partial charge in [-0.2, -0.15) is 5.26 Å². The second kappa shape index (κ2) is 7.37. The normalized spacial score (nSPS) is 9.91. The second-order valence-corrected chi connectivity index (χ2v) is 4.94. The van der Waals surface area contributed by atoms with E-state index in [1.54, 1.807) is 25.3 Å². The topological polar surface area (TPSA) is 51.5 Å². The number of nitrogens with zero attached hydrogens (tertiary/aromatic N) is 1.